The predicted molar refractivity (Wildman–Crippen MR) is 73.4 cm³/mol. The third kappa shape index (κ3) is 6.88. The normalized spacial score (nSPS) is 9.06. The molecule has 0 bridgehead atoms. The first-order valence-corrected chi connectivity index (χ1v) is 6.11. The minimum absolute atomic E-state index is 0. The van der Waals surface area contributed by atoms with Crippen LogP contribution in [0.25, 0.3) is 10.8 Å². The molecule has 0 nitrogen and oxygen atoms in total. The molecular weight excluding hydrogens is 215 g/mol. The number of fused-ring (bicyclic) bond motifs is 1. The van der Waals surface area contributed by atoms with E-state index in [1.807, 2.05) is 0 Å². The Morgan fingerprint density at radius 3 is 1.47 bits per heavy atom. The molecule has 86 valence electrons. The molecule has 0 radical (unpaired) electrons. The van der Waals surface area contributed by atoms with Gasteiger partial charge in [-0.05, 0) is 10.8 Å². The molecule has 2 aromatic rings. The van der Waals surface area contributed by atoms with Gasteiger partial charge in [0.15, 0.2) is 0 Å². The first-order valence-electron chi connectivity index (χ1n) is 6.11. The molecular formula is C16H21Na. The van der Waals surface area contributed by atoms with Gasteiger partial charge in [-0.2, -0.15) is 6.42 Å². The first kappa shape index (κ1) is 16.7. The fraction of sp³-hybridized carbons (Fsp3) is 0.312. The summed E-state index contributed by atoms with van der Waals surface area (Å²) in [6.07, 6.45) is 5.07. The monoisotopic (exact) mass is 236 g/mol. The van der Waals surface area contributed by atoms with Crippen molar-refractivity contribution in [2.24, 2.45) is 0 Å². The molecule has 0 aromatic heterocycles. The third-order valence-electron chi connectivity index (χ3n) is 2.51. The van der Waals surface area contributed by atoms with Crippen molar-refractivity contribution < 1.29 is 29.6 Å². The second-order valence-corrected chi connectivity index (χ2v) is 3.91. The topological polar surface area (TPSA) is 0 Å². The van der Waals surface area contributed by atoms with Crippen molar-refractivity contribution in [3.8, 4) is 0 Å². The molecule has 0 spiro atoms. The molecule has 0 aliphatic carbocycles. The zero-order valence-corrected chi connectivity index (χ0v) is 13.2. The fourth-order valence-electron chi connectivity index (χ4n) is 1.56. The number of hydrogen-bond donors (Lipinski definition) is 0. The van der Waals surface area contributed by atoms with Gasteiger partial charge in [0.1, 0.15) is 0 Å². The van der Waals surface area contributed by atoms with Crippen LogP contribution in [-0.2, 0) is 0 Å². The van der Waals surface area contributed by atoms with Crippen molar-refractivity contribution in [2.45, 2.75) is 32.6 Å². The molecule has 0 aliphatic rings. The molecule has 17 heavy (non-hydrogen) atoms. The van der Waals surface area contributed by atoms with E-state index in [1.54, 1.807) is 0 Å². The Balaban J connectivity index is 0.000000324. The minimum atomic E-state index is 0. The summed E-state index contributed by atoms with van der Waals surface area (Å²) in [6, 6.07) is 16.7. The van der Waals surface area contributed by atoms with Crippen LogP contribution in [0.5, 0.6) is 0 Å². The summed E-state index contributed by atoms with van der Waals surface area (Å²) < 4.78 is 0. The van der Waals surface area contributed by atoms with Gasteiger partial charge in [-0.3, -0.25) is 0 Å². The van der Waals surface area contributed by atoms with E-state index in [1.165, 1.54) is 30.0 Å². The second kappa shape index (κ2) is 10.8. The van der Waals surface area contributed by atoms with Crippen LogP contribution >= 0.6 is 0 Å². The molecule has 0 N–H and O–H groups in total. The predicted octanol–water partition coefficient (Wildman–Crippen LogP) is 2.24. The Labute approximate surface area is 128 Å². The summed E-state index contributed by atoms with van der Waals surface area (Å²) in [7, 11) is 0. The van der Waals surface area contributed by atoms with Gasteiger partial charge in [0, 0.05) is 0 Å². The maximum atomic E-state index is 3.72. The van der Waals surface area contributed by atoms with Gasteiger partial charge >= 0.3 is 29.6 Å². The molecule has 0 saturated heterocycles. The Hall–Kier alpha value is -0.300. The van der Waals surface area contributed by atoms with Gasteiger partial charge in [0.2, 0.25) is 0 Å². The Morgan fingerprint density at radius 2 is 1.24 bits per heavy atom. The molecule has 0 unspecified atom stereocenters. The van der Waals surface area contributed by atoms with Gasteiger partial charge < -0.3 is 6.92 Å². The maximum Gasteiger partial charge on any atom is 1.00 e. The van der Waals surface area contributed by atoms with Crippen molar-refractivity contribution >= 4 is 10.8 Å². The smallest absolute Gasteiger partial charge is 0.343 e. The van der Waals surface area contributed by atoms with Crippen LogP contribution in [0.2, 0.25) is 0 Å². The van der Waals surface area contributed by atoms with Crippen molar-refractivity contribution in [2.75, 3.05) is 0 Å². The van der Waals surface area contributed by atoms with Crippen LogP contribution < -0.4 is 29.6 Å². The first-order chi connectivity index (χ1) is 7.88. The summed E-state index contributed by atoms with van der Waals surface area (Å²) in [5, 5.41) is 2.62. The molecule has 0 atom stereocenters. The van der Waals surface area contributed by atoms with Crippen LogP contribution in [0.4, 0.5) is 0 Å². The zero-order valence-electron chi connectivity index (χ0n) is 11.2. The zero-order chi connectivity index (χ0) is 11.6. The summed E-state index contributed by atoms with van der Waals surface area (Å²) in [5.41, 5.74) is 0. The maximum absolute atomic E-state index is 3.72. The molecule has 1 heteroatoms. The van der Waals surface area contributed by atoms with E-state index >= 15 is 0 Å². The average Bonchev–Trinajstić information content (AvgIpc) is 2.37. The standard InChI is InChI=1S/C10H8.C6H13.Na/c1-2-6-10-8-4-3-7-9(10)5-1;1-3-5-6-4-2;/h1-8H;1,3-6H2,2H3;/q;-1;+1. The molecule has 2 rings (SSSR count). The number of rotatable bonds is 3. The molecule has 2 aromatic carbocycles. The fourth-order valence-corrected chi connectivity index (χ4v) is 1.56. The van der Waals surface area contributed by atoms with E-state index in [2.05, 4.69) is 62.4 Å². The van der Waals surface area contributed by atoms with Gasteiger partial charge in [-0.25, -0.2) is 0 Å². The van der Waals surface area contributed by atoms with E-state index in [4.69, 9.17) is 0 Å². The Morgan fingerprint density at radius 1 is 0.824 bits per heavy atom. The molecule has 0 heterocycles. The van der Waals surface area contributed by atoms with Crippen LogP contribution in [0.15, 0.2) is 48.5 Å². The van der Waals surface area contributed by atoms with Crippen LogP contribution in [0.3, 0.4) is 0 Å². The van der Waals surface area contributed by atoms with E-state index in [-0.39, 0.29) is 29.6 Å². The molecule has 0 fully saturated rings. The van der Waals surface area contributed by atoms with Gasteiger partial charge in [-0.1, -0.05) is 74.7 Å². The molecule has 0 aliphatic heterocycles. The third-order valence-corrected chi connectivity index (χ3v) is 2.51. The van der Waals surface area contributed by atoms with Crippen molar-refractivity contribution in [1.82, 2.24) is 0 Å². The summed E-state index contributed by atoms with van der Waals surface area (Å²) in [6.45, 7) is 5.93. The van der Waals surface area contributed by atoms with Gasteiger partial charge in [0.25, 0.3) is 0 Å². The summed E-state index contributed by atoms with van der Waals surface area (Å²) >= 11 is 0. The summed E-state index contributed by atoms with van der Waals surface area (Å²) in [5.74, 6) is 0. The van der Waals surface area contributed by atoms with Crippen molar-refractivity contribution in [3.05, 3.63) is 55.5 Å². The van der Waals surface area contributed by atoms with E-state index in [0.29, 0.717) is 0 Å². The largest absolute Gasteiger partial charge is 1.00 e. The number of benzene rings is 2. The van der Waals surface area contributed by atoms with Crippen LogP contribution in [0, 0.1) is 6.92 Å². The summed E-state index contributed by atoms with van der Waals surface area (Å²) in [4.78, 5) is 0. The number of unbranched alkanes of at least 4 members (excludes halogenated alkanes) is 3. The molecule has 0 amide bonds. The van der Waals surface area contributed by atoms with Gasteiger partial charge in [0.05, 0.1) is 0 Å². The van der Waals surface area contributed by atoms with E-state index in [9.17, 15) is 0 Å². The van der Waals surface area contributed by atoms with Crippen LogP contribution in [-0.4, -0.2) is 0 Å². The Bertz CT molecular complexity index is 326. The van der Waals surface area contributed by atoms with Crippen molar-refractivity contribution in [3.63, 3.8) is 0 Å². The SMILES string of the molecule is [CH2-]CCCCC.[Na+].c1ccc2ccccc2c1. The van der Waals surface area contributed by atoms with Crippen molar-refractivity contribution in [1.29, 1.82) is 0 Å². The Kier molecular flexibility index (Phi) is 10.6. The number of hydrogen-bond acceptors (Lipinski definition) is 0. The van der Waals surface area contributed by atoms with Crippen LogP contribution in [0.1, 0.15) is 32.6 Å². The molecule has 0 saturated carbocycles. The van der Waals surface area contributed by atoms with Gasteiger partial charge in [-0.15, -0.1) is 0 Å². The average molecular weight is 236 g/mol. The van der Waals surface area contributed by atoms with E-state index < -0.39 is 0 Å². The quantitative estimate of drug-likeness (QED) is 0.435. The van der Waals surface area contributed by atoms with E-state index in [0.717, 1.165) is 6.42 Å². The minimum Gasteiger partial charge on any atom is -0.343 e. The second-order valence-electron chi connectivity index (χ2n) is 3.91.